The van der Waals surface area contributed by atoms with E-state index in [2.05, 4.69) is 10.3 Å². The number of aryl methyl sites for hydroxylation is 3. The van der Waals surface area contributed by atoms with Crippen molar-refractivity contribution in [1.82, 2.24) is 14.8 Å². The number of hydrogen-bond acceptors (Lipinski definition) is 4. The smallest absolute Gasteiger partial charge is 0.258 e. The van der Waals surface area contributed by atoms with Crippen molar-refractivity contribution in [3.63, 3.8) is 0 Å². The van der Waals surface area contributed by atoms with E-state index in [1.54, 1.807) is 17.9 Å². The third kappa shape index (κ3) is 4.19. The molecule has 0 aliphatic rings. The van der Waals surface area contributed by atoms with E-state index in [4.69, 9.17) is 9.84 Å². The number of benzene rings is 2. The number of nitrogens with zero attached hydrogens (tertiary/aromatic N) is 3. The number of para-hydroxylation sites is 1. The molecule has 0 radical (unpaired) electrons. The minimum Gasteiger partial charge on any atom is -0.496 e. The number of carbonyl (C=O) groups excluding carboxylic acids is 1. The molecule has 0 bridgehead atoms. The second-order valence-corrected chi connectivity index (χ2v) is 7.40. The molecule has 4 rings (SSSR count). The van der Waals surface area contributed by atoms with Crippen molar-refractivity contribution in [2.24, 2.45) is 0 Å². The molecule has 0 saturated carbocycles. The molecule has 6 nitrogen and oxygen atoms in total. The third-order valence-electron chi connectivity index (χ3n) is 5.08. The van der Waals surface area contributed by atoms with E-state index >= 15 is 0 Å². The standard InChI is InChI=1S/C25H24N4O2/c1-16-9-12-19(13-10-16)29-24(27-25(30)20-14-11-17(2)26-18(20)3)15-22(28-29)21-7-5-6-8-23(21)31-4/h5-15H,1-4H3,(H,27,30). The highest BCUT2D eigenvalue weighted by atomic mass is 16.5. The molecular weight excluding hydrogens is 388 g/mol. The Morgan fingerprint density at radius 3 is 2.42 bits per heavy atom. The van der Waals surface area contributed by atoms with Crippen LogP contribution in [0.15, 0.2) is 66.7 Å². The lowest BCUT2D eigenvalue weighted by molar-refractivity contribution is 0.102. The number of hydrogen-bond donors (Lipinski definition) is 1. The topological polar surface area (TPSA) is 69.0 Å². The number of nitrogens with one attached hydrogen (secondary N) is 1. The highest BCUT2D eigenvalue weighted by molar-refractivity contribution is 6.05. The van der Waals surface area contributed by atoms with Crippen LogP contribution in [0.3, 0.4) is 0 Å². The second-order valence-electron chi connectivity index (χ2n) is 7.40. The first-order valence-electron chi connectivity index (χ1n) is 10.0. The van der Waals surface area contributed by atoms with Gasteiger partial charge in [-0.2, -0.15) is 5.10 Å². The molecule has 0 saturated heterocycles. The Labute approximate surface area is 181 Å². The number of ether oxygens (including phenoxy) is 1. The van der Waals surface area contributed by atoms with Crippen LogP contribution < -0.4 is 10.1 Å². The summed E-state index contributed by atoms with van der Waals surface area (Å²) in [6.07, 6.45) is 0. The molecule has 31 heavy (non-hydrogen) atoms. The van der Waals surface area contributed by atoms with Crippen molar-refractivity contribution in [1.29, 1.82) is 0 Å². The van der Waals surface area contributed by atoms with E-state index in [0.717, 1.165) is 22.5 Å². The maximum atomic E-state index is 13.0. The Kier molecular flexibility index (Phi) is 5.54. The van der Waals surface area contributed by atoms with Crippen LogP contribution in [0.5, 0.6) is 5.75 Å². The van der Waals surface area contributed by atoms with Gasteiger partial charge in [0.05, 0.1) is 29.7 Å². The van der Waals surface area contributed by atoms with Gasteiger partial charge in [0.25, 0.3) is 5.91 Å². The van der Waals surface area contributed by atoms with Crippen LogP contribution in [-0.2, 0) is 0 Å². The number of aromatic nitrogens is 3. The van der Waals surface area contributed by atoms with Crippen LogP contribution in [-0.4, -0.2) is 27.8 Å². The Bertz CT molecular complexity index is 1240. The monoisotopic (exact) mass is 412 g/mol. The summed E-state index contributed by atoms with van der Waals surface area (Å²) < 4.78 is 7.23. The minimum absolute atomic E-state index is 0.232. The molecule has 4 aromatic rings. The fraction of sp³-hybridized carbons (Fsp3) is 0.160. The van der Waals surface area contributed by atoms with Crippen molar-refractivity contribution in [3.05, 3.63) is 89.2 Å². The zero-order valence-electron chi connectivity index (χ0n) is 18.0. The zero-order valence-corrected chi connectivity index (χ0v) is 18.0. The van der Waals surface area contributed by atoms with E-state index in [1.165, 1.54) is 0 Å². The van der Waals surface area contributed by atoms with Gasteiger partial charge in [0.1, 0.15) is 11.6 Å². The van der Waals surface area contributed by atoms with Gasteiger partial charge in [-0.1, -0.05) is 29.8 Å². The maximum absolute atomic E-state index is 13.0. The lowest BCUT2D eigenvalue weighted by Gasteiger charge is -2.10. The van der Waals surface area contributed by atoms with Gasteiger partial charge in [-0.25, -0.2) is 4.68 Å². The van der Waals surface area contributed by atoms with Gasteiger partial charge in [-0.05, 0) is 57.2 Å². The molecule has 2 aromatic heterocycles. The van der Waals surface area contributed by atoms with Crippen LogP contribution in [0, 0.1) is 20.8 Å². The van der Waals surface area contributed by atoms with E-state index in [9.17, 15) is 4.79 Å². The van der Waals surface area contributed by atoms with E-state index < -0.39 is 0 Å². The molecule has 0 spiro atoms. The van der Waals surface area contributed by atoms with Crippen molar-refractivity contribution in [2.45, 2.75) is 20.8 Å². The third-order valence-corrected chi connectivity index (χ3v) is 5.08. The zero-order chi connectivity index (χ0) is 22.0. The van der Waals surface area contributed by atoms with Gasteiger partial charge >= 0.3 is 0 Å². The highest BCUT2D eigenvalue weighted by Gasteiger charge is 2.18. The van der Waals surface area contributed by atoms with E-state index in [-0.39, 0.29) is 5.91 Å². The molecule has 6 heteroatoms. The Morgan fingerprint density at radius 1 is 0.968 bits per heavy atom. The summed E-state index contributed by atoms with van der Waals surface area (Å²) in [7, 11) is 1.63. The predicted molar refractivity (Wildman–Crippen MR) is 122 cm³/mol. The van der Waals surface area contributed by atoms with Crippen molar-refractivity contribution in [2.75, 3.05) is 12.4 Å². The van der Waals surface area contributed by atoms with Gasteiger partial charge < -0.3 is 10.1 Å². The molecular formula is C25H24N4O2. The fourth-order valence-corrected chi connectivity index (χ4v) is 3.45. The molecule has 0 fully saturated rings. The largest absolute Gasteiger partial charge is 0.496 e. The lowest BCUT2D eigenvalue weighted by Crippen LogP contribution is -2.17. The Hall–Kier alpha value is -3.93. The van der Waals surface area contributed by atoms with Crippen molar-refractivity contribution >= 4 is 11.7 Å². The van der Waals surface area contributed by atoms with E-state index in [1.807, 2.05) is 81.4 Å². The lowest BCUT2D eigenvalue weighted by atomic mass is 10.1. The maximum Gasteiger partial charge on any atom is 0.258 e. The highest BCUT2D eigenvalue weighted by Crippen LogP contribution is 2.31. The quantitative estimate of drug-likeness (QED) is 0.494. The molecule has 2 heterocycles. The normalized spacial score (nSPS) is 10.7. The van der Waals surface area contributed by atoms with Crippen LogP contribution in [0.4, 0.5) is 5.82 Å². The number of amides is 1. The summed E-state index contributed by atoms with van der Waals surface area (Å²) in [5.41, 5.74) is 5.63. The number of carbonyl (C=O) groups is 1. The van der Waals surface area contributed by atoms with Crippen LogP contribution in [0.2, 0.25) is 0 Å². The van der Waals surface area contributed by atoms with Crippen molar-refractivity contribution in [3.8, 4) is 22.7 Å². The van der Waals surface area contributed by atoms with Gasteiger partial charge in [-0.3, -0.25) is 9.78 Å². The predicted octanol–water partition coefficient (Wildman–Crippen LogP) is 5.12. The van der Waals surface area contributed by atoms with Gasteiger partial charge in [0.2, 0.25) is 0 Å². The fourth-order valence-electron chi connectivity index (χ4n) is 3.45. The first-order chi connectivity index (χ1) is 15.0. The minimum atomic E-state index is -0.232. The van der Waals surface area contributed by atoms with E-state index in [0.29, 0.717) is 28.5 Å². The van der Waals surface area contributed by atoms with Gasteiger partial charge in [0.15, 0.2) is 0 Å². The molecule has 0 aliphatic carbocycles. The van der Waals surface area contributed by atoms with Gasteiger partial charge in [-0.15, -0.1) is 0 Å². The van der Waals surface area contributed by atoms with Gasteiger partial charge in [0, 0.05) is 17.3 Å². The summed E-state index contributed by atoms with van der Waals surface area (Å²) in [5, 5.41) is 7.79. The average Bonchev–Trinajstić information content (AvgIpc) is 3.17. The molecule has 1 amide bonds. The Balaban J connectivity index is 1.79. The molecule has 2 aromatic carbocycles. The molecule has 0 unspecified atom stereocenters. The molecule has 1 N–H and O–H groups in total. The Morgan fingerprint density at radius 2 is 1.71 bits per heavy atom. The summed E-state index contributed by atoms with van der Waals surface area (Å²) in [6.45, 7) is 5.77. The molecule has 0 atom stereocenters. The van der Waals surface area contributed by atoms with Crippen LogP contribution >= 0.6 is 0 Å². The van der Waals surface area contributed by atoms with Crippen LogP contribution in [0.1, 0.15) is 27.3 Å². The first kappa shape index (κ1) is 20.3. The number of methoxy groups -OCH3 is 1. The summed E-state index contributed by atoms with van der Waals surface area (Å²) in [5.74, 6) is 1.05. The first-order valence-corrected chi connectivity index (χ1v) is 10.0. The number of rotatable bonds is 5. The summed E-state index contributed by atoms with van der Waals surface area (Å²) in [4.78, 5) is 17.4. The SMILES string of the molecule is COc1ccccc1-c1cc(NC(=O)c2ccc(C)nc2C)n(-c2ccc(C)cc2)n1. The van der Waals surface area contributed by atoms with Crippen LogP contribution in [0.25, 0.3) is 16.9 Å². The summed E-state index contributed by atoms with van der Waals surface area (Å²) >= 11 is 0. The average molecular weight is 412 g/mol. The number of anilines is 1. The van der Waals surface area contributed by atoms with Crippen molar-refractivity contribution < 1.29 is 9.53 Å². The molecule has 156 valence electrons. The second kappa shape index (κ2) is 8.44. The summed E-state index contributed by atoms with van der Waals surface area (Å²) in [6, 6.07) is 21.1. The number of pyridine rings is 1. The molecule has 0 aliphatic heterocycles.